The molecule has 162 valence electrons. The predicted molar refractivity (Wildman–Crippen MR) is 127 cm³/mol. The van der Waals surface area contributed by atoms with Crippen LogP contribution in [0.4, 0.5) is 0 Å². The molecule has 0 amide bonds. The second-order valence-electron chi connectivity index (χ2n) is 7.51. The summed E-state index contributed by atoms with van der Waals surface area (Å²) in [6.45, 7) is 15.1. The molecular formula is C27H32Cl2SiZr. The van der Waals surface area contributed by atoms with E-state index in [4.69, 9.17) is 0 Å². The first-order valence-corrected chi connectivity index (χ1v) is 12.0. The van der Waals surface area contributed by atoms with Crippen LogP contribution >= 0.6 is 0 Å². The average Bonchev–Trinajstić information content (AvgIpc) is 3.17. The molecule has 0 nitrogen and oxygen atoms in total. The molecule has 0 saturated heterocycles. The van der Waals surface area contributed by atoms with Gasteiger partial charge in [-0.2, -0.15) is 17.2 Å². The number of aryl methyl sites for hydroxylation is 1. The molecule has 4 heteroatoms. The topological polar surface area (TPSA) is 0 Å². The molecule has 31 heavy (non-hydrogen) atoms. The summed E-state index contributed by atoms with van der Waals surface area (Å²) in [5.41, 5.74) is 8.19. The molecule has 3 aromatic rings. The number of halogens is 2. The zero-order chi connectivity index (χ0) is 20.7. The normalized spacial score (nSPS) is 14.0. The van der Waals surface area contributed by atoms with Gasteiger partial charge in [0.15, 0.2) is 0 Å². The SMILES string of the molecule is CC1=[C-]C(C)C(C)=C1C.C[Si]C.Cc1cc2c(-c3ccccc3)cccc2[cH-]1.[Cl-].[Cl-].[Zr+4]. The van der Waals surface area contributed by atoms with Crippen molar-refractivity contribution in [2.24, 2.45) is 5.92 Å². The quantitative estimate of drug-likeness (QED) is 0.324. The molecule has 0 aliphatic heterocycles. The number of allylic oxidation sites excluding steroid dienone is 4. The molecule has 1 aliphatic rings. The maximum absolute atomic E-state index is 3.36. The minimum absolute atomic E-state index is 0. The van der Waals surface area contributed by atoms with Gasteiger partial charge in [-0.25, -0.2) is 5.57 Å². The third kappa shape index (κ3) is 8.93. The molecule has 1 atom stereocenters. The van der Waals surface area contributed by atoms with Crippen LogP contribution in [0.15, 0.2) is 77.4 Å². The van der Waals surface area contributed by atoms with Crippen molar-refractivity contribution in [3.63, 3.8) is 0 Å². The van der Waals surface area contributed by atoms with E-state index < -0.39 is 0 Å². The summed E-state index contributed by atoms with van der Waals surface area (Å²) in [5.74, 6) is 0.560. The molecule has 0 spiro atoms. The Bertz CT molecular complexity index is 971. The van der Waals surface area contributed by atoms with Crippen LogP contribution in [0.3, 0.4) is 0 Å². The molecule has 2 radical (unpaired) electrons. The van der Waals surface area contributed by atoms with Crippen molar-refractivity contribution < 1.29 is 51.0 Å². The summed E-state index contributed by atoms with van der Waals surface area (Å²) >= 11 is 0. The van der Waals surface area contributed by atoms with Gasteiger partial charge >= 0.3 is 26.2 Å². The van der Waals surface area contributed by atoms with Gasteiger partial charge in [0.2, 0.25) is 0 Å². The Balaban J connectivity index is 0. The van der Waals surface area contributed by atoms with Gasteiger partial charge in [-0.15, -0.1) is 41.5 Å². The van der Waals surface area contributed by atoms with E-state index in [0.717, 1.165) is 9.52 Å². The standard InChI is InChI=1S/C16H13.C9H13.C2H6Si.2ClH.Zr/c1-12-10-14-8-5-9-15(16(14)11-12)13-6-3-2-4-7-13;1-6-5-7(2)9(4)8(6)3;1-3-2;;;/h2-11H,1H3;6H,1-4H3;1-2H3;2*1H;/q2*-1;;;;+4/p-2. The summed E-state index contributed by atoms with van der Waals surface area (Å²) < 4.78 is 0. The summed E-state index contributed by atoms with van der Waals surface area (Å²) in [4.78, 5) is 0. The fraction of sp³-hybridized carbons (Fsp3) is 0.296. The molecule has 1 unspecified atom stereocenters. The number of fused-ring (bicyclic) bond motifs is 1. The van der Waals surface area contributed by atoms with Crippen LogP contribution < -0.4 is 24.8 Å². The molecular weight excluding hydrogens is 515 g/mol. The van der Waals surface area contributed by atoms with Crippen LogP contribution in [0.5, 0.6) is 0 Å². The van der Waals surface area contributed by atoms with Gasteiger partial charge < -0.3 is 24.8 Å². The van der Waals surface area contributed by atoms with Gasteiger partial charge in [0, 0.05) is 9.52 Å². The first-order chi connectivity index (χ1) is 13.4. The maximum atomic E-state index is 3.36. The molecule has 4 rings (SSSR count). The van der Waals surface area contributed by atoms with Crippen molar-refractivity contribution in [2.45, 2.75) is 47.7 Å². The van der Waals surface area contributed by atoms with Gasteiger partial charge in [0.1, 0.15) is 0 Å². The smallest absolute Gasteiger partial charge is 1.00 e. The van der Waals surface area contributed by atoms with E-state index in [1.807, 2.05) is 0 Å². The van der Waals surface area contributed by atoms with Crippen LogP contribution in [-0.2, 0) is 26.2 Å². The first-order valence-electron chi connectivity index (χ1n) is 9.96. The van der Waals surface area contributed by atoms with E-state index in [0.29, 0.717) is 5.92 Å². The van der Waals surface area contributed by atoms with Crippen LogP contribution in [0, 0.1) is 18.9 Å². The number of benzene rings is 2. The Kier molecular flexibility index (Phi) is 16.6. The summed E-state index contributed by atoms with van der Waals surface area (Å²) in [6.07, 6.45) is 3.36. The Morgan fingerprint density at radius 3 is 1.90 bits per heavy atom. The van der Waals surface area contributed by atoms with Crippen molar-refractivity contribution in [2.75, 3.05) is 0 Å². The molecule has 0 fully saturated rings. The third-order valence-electron chi connectivity index (χ3n) is 5.22. The molecule has 0 bridgehead atoms. The van der Waals surface area contributed by atoms with Crippen LogP contribution in [0.25, 0.3) is 21.9 Å². The third-order valence-corrected chi connectivity index (χ3v) is 5.22. The zero-order valence-corrected chi connectivity index (χ0v) is 24.6. The van der Waals surface area contributed by atoms with Crippen molar-refractivity contribution >= 4 is 20.3 Å². The van der Waals surface area contributed by atoms with Gasteiger partial charge in [-0.05, 0) is 5.56 Å². The molecule has 0 heterocycles. The molecule has 0 N–H and O–H groups in total. The first kappa shape index (κ1) is 32.4. The Labute approximate surface area is 223 Å². The van der Waals surface area contributed by atoms with Crippen molar-refractivity contribution in [1.82, 2.24) is 0 Å². The fourth-order valence-corrected chi connectivity index (χ4v) is 3.42. The molecule has 0 saturated carbocycles. The molecule has 3 aromatic carbocycles. The summed E-state index contributed by atoms with van der Waals surface area (Å²) in [5, 5.41) is 2.69. The number of hydrogen-bond donors (Lipinski definition) is 0. The fourth-order valence-electron chi connectivity index (χ4n) is 3.42. The minimum Gasteiger partial charge on any atom is -1.00 e. The maximum Gasteiger partial charge on any atom is 4.00 e. The van der Waals surface area contributed by atoms with Crippen molar-refractivity contribution in [3.8, 4) is 11.1 Å². The predicted octanol–water partition coefficient (Wildman–Crippen LogP) is 2.05. The van der Waals surface area contributed by atoms with Crippen LogP contribution in [-0.4, -0.2) is 9.52 Å². The Morgan fingerprint density at radius 1 is 0.871 bits per heavy atom. The minimum atomic E-state index is 0. The van der Waals surface area contributed by atoms with Crippen molar-refractivity contribution in [1.29, 1.82) is 0 Å². The van der Waals surface area contributed by atoms with E-state index in [2.05, 4.69) is 114 Å². The van der Waals surface area contributed by atoms with E-state index in [1.165, 1.54) is 44.2 Å². The second-order valence-corrected chi connectivity index (χ2v) is 8.51. The van der Waals surface area contributed by atoms with Crippen LogP contribution in [0.1, 0.15) is 33.3 Å². The van der Waals surface area contributed by atoms with E-state index in [-0.39, 0.29) is 51.0 Å². The van der Waals surface area contributed by atoms with Gasteiger partial charge in [0.25, 0.3) is 0 Å². The van der Waals surface area contributed by atoms with Crippen LogP contribution in [0.2, 0.25) is 13.1 Å². The van der Waals surface area contributed by atoms with E-state index in [1.54, 1.807) is 0 Å². The Hall–Kier alpha value is -0.790. The Morgan fingerprint density at radius 2 is 1.45 bits per heavy atom. The summed E-state index contributed by atoms with van der Waals surface area (Å²) in [7, 11) is 1.08. The molecule has 0 aromatic heterocycles. The van der Waals surface area contributed by atoms with Crippen molar-refractivity contribution in [3.05, 3.63) is 89.0 Å². The number of hydrogen-bond acceptors (Lipinski definition) is 0. The molecule has 1 aliphatic carbocycles. The largest absolute Gasteiger partial charge is 4.00 e. The monoisotopic (exact) mass is 544 g/mol. The zero-order valence-electron chi connectivity index (χ0n) is 19.6. The van der Waals surface area contributed by atoms with Gasteiger partial charge in [-0.3, -0.25) is 6.08 Å². The van der Waals surface area contributed by atoms with Gasteiger partial charge in [0.05, 0.1) is 0 Å². The van der Waals surface area contributed by atoms with E-state index >= 15 is 0 Å². The second kappa shape index (κ2) is 15.9. The average molecular weight is 547 g/mol. The summed E-state index contributed by atoms with van der Waals surface area (Å²) in [6, 6.07) is 21.6. The number of rotatable bonds is 1. The van der Waals surface area contributed by atoms with Gasteiger partial charge in [-0.1, -0.05) is 88.7 Å². The van der Waals surface area contributed by atoms with E-state index in [9.17, 15) is 0 Å².